The van der Waals surface area contributed by atoms with E-state index in [1.807, 2.05) is 12.4 Å². The van der Waals surface area contributed by atoms with Crippen LogP contribution in [0.1, 0.15) is 54.9 Å². The molecule has 0 N–H and O–H groups in total. The fourth-order valence-corrected chi connectivity index (χ4v) is 5.95. The minimum absolute atomic E-state index is 0.285. The van der Waals surface area contributed by atoms with Crippen LogP contribution in [0.5, 0.6) is 0 Å². The zero-order valence-corrected chi connectivity index (χ0v) is 18.3. The first-order valence-electron chi connectivity index (χ1n) is 11.0. The normalized spacial score (nSPS) is 25.1. The van der Waals surface area contributed by atoms with Crippen LogP contribution in [-0.4, -0.2) is 42.9 Å². The van der Waals surface area contributed by atoms with Crippen LogP contribution in [-0.2, 0) is 31.0 Å². The molecule has 1 saturated heterocycles. The predicted octanol–water partition coefficient (Wildman–Crippen LogP) is 1.93. The van der Waals surface area contributed by atoms with Gasteiger partial charge in [0.25, 0.3) is 0 Å². The average molecular weight is 432 g/mol. The van der Waals surface area contributed by atoms with E-state index in [9.17, 15) is 9.59 Å². The molecular weight excluding hydrogens is 402 g/mol. The lowest BCUT2D eigenvalue weighted by molar-refractivity contribution is -0.0860. The molecule has 0 bridgehead atoms. The molecule has 2 aromatic heterocycles. The number of hydrogen-bond acceptors (Lipinski definition) is 7. The molecule has 5 rings (SSSR count). The summed E-state index contributed by atoms with van der Waals surface area (Å²) >= 11 is 1.68. The van der Waals surface area contributed by atoms with E-state index in [0.717, 1.165) is 44.6 Å². The van der Waals surface area contributed by atoms with Gasteiger partial charge in [0.05, 0.1) is 17.7 Å². The Morgan fingerprint density at radius 2 is 2.03 bits per heavy atom. The zero-order valence-electron chi connectivity index (χ0n) is 17.5. The van der Waals surface area contributed by atoms with Crippen molar-refractivity contribution in [3.05, 3.63) is 42.6 Å². The maximum absolute atomic E-state index is 12.9. The van der Waals surface area contributed by atoms with Gasteiger partial charge in [0.15, 0.2) is 5.82 Å². The van der Waals surface area contributed by atoms with E-state index >= 15 is 0 Å². The van der Waals surface area contributed by atoms with Crippen LogP contribution >= 0.6 is 11.3 Å². The van der Waals surface area contributed by atoms with Crippen LogP contribution in [0.2, 0.25) is 0 Å². The highest BCUT2D eigenvalue weighted by atomic mass is 32.1. The van der Waals surface area contributed by atoms with Gasteiger partial charge in [-0.3, -0.25) is 19.1 Å². The van der Waals surface area contributed by atoms with Crippen LogP contribution in [0, 0.1) is 12.8 Å². The van der Waals surface area contributed by atoms with Gasteiger partial charge in [-0.15, -0.1) is 11.3 Å². The van der Waals surface area contributed by atoms with Crippen molar-refractivity contribution >= 4 is 11.3 Å². The molecule has 2 fully saturated rings. The van der Waals surface area contributed by atoms with Gasteiger partial charge >= 0.3 is 11.1 Å². The van der Waals surface area contributed by atoms with Crippen LogP contribution in [0.4, 0.5) is 0 Å². The minimum atomic E-state index is -0.489. The third kappa shape index (κ3) is 3.78. The smallest absolute Gasteiger partial charge is 0.332 e. The first-order valence-corrected chi connectivity index (χ1v) is 11.9. The van der Waals surface area contributed by atoms with Crippen molar-refractivity contribution in [1.29, 1.82) is 0 Å². The lowest BCUT2D eigenvalue weighted by Crippen LogP contribution is -2.53. The Labute approximate surface area is 179 Å². The van der Waals surface area contributed by atoms with Crippen molar-refractivity contribution in [1.82, 2.24) is 24.2 Å². The molecule has 0 radical (unpaired) electrons. The zero-order chi connectivity index (χ0) is 20.7. The van der Waals surface area contributed by atoms with Gasteiger partial charge in [-0.1, -0.05) is 19.3 Å². The summed E-state index contributed by atoms with van der Waals surface area (Å²) in [6.07, 6.45) is 6.74. The van der Waals surface area contributed by atoms with Gasteiger partial charge < -0.3 is 4.74 Å². The van der Waals surface area contributed by atoms with Crippen molar-refractivity contribution in [2.75, 3.05) is 13.1 Å². The summed E-state index contributed by atoms with van der Waals surface area (Å²) in [6, 6.07) is 0. The summed E-state index contributed by atoms with van der Waals surface area (Å²) in [6.45, 7) is 5.79. The fraction of sp³-hybridized carbons (Fsp3) is 0.714. The van der Waals surface area contributed by atoms with E-state index in [2.05, 4.69) is 15.0 Å². The van der Waals surface area contributed by atoms with Crippen LogP contribution in [0.3, 0.4) is 0 Å². The number of aromatic nitrogens is 4. The van der Waals surface area contributed by atoms with Crippen LogP contribution < -0.4 is 11.1 Å². The summed E-state index contributed by atoms with van der Waals surface area (Å²) in [4.78, 5) is 33.6. The molecule has 1 saturated carbocycles. The van der Waals surface area contributed by atoms with E-state index in [1.54, 1.807) is 15.9 Å². The lowest BCUT2D eigenvalue weighted by Gasteiger charge is -2.35. The third-order valence-electron chi connectivity index (χ3n) is 6.93. The molecule has 1 spiro atoms. The van der Waals surface area contributed by atoms with Gasteiger partial charge in [0.2, 0.25) is 0 Å². The van der Waals surface area contributed by atoms with E-state index in [1.165, 1.54) is 28.8 Å². The van der Waals surface area contributed by atoms with Crippen molar-refractivity contribution < 1.29 is 4.74 Å². The number of thiazole rings is 1. The second-order valence-electron chi connectivity index (χ2n) is 9.09. The molecule has 0 aromatic carbocycles. The number of nitrogens with zero attached hydrogens (tertiary/aromatic N) is 5. The Hall–Kier alpha value is -1.84. The molecule has 4 heterocycles. The molecule has 2 aromatic rings. The standard InChI is InChI=1S/C21H29N5O3S/c1-15-17(30-14-22-15)10-24-8-7-21(12-24)13-25-18(11-29-21)23-26(20(28)19(25)27)9-16-5-3-2-4-6-16/h14,16H,2-13H2,1H3/t21-/m0/s1. The second-order valence-corrected chi connectivity index (χ2v) is 10.0. The molecule has 162 valence electrons. The highest BCUT2D eigenvalue weighted by molar-refractivity contribution is 7.09. The van der Waals surface area contributed by atoms with Crippen LogP contribution in [0.15, 0.2) is 15.1 Å². The van der Waals surface area contributed by atoms with Crippen molar-refractivity contribution in [3.63, 3.8) is 0 Å². The van der Waals surface area contributed by atoms with Gasteiger partial charge in [0.1, 0.15) is 12.2 Å². The quantitative estimate of drug-likeness (QED) is 0.688. The van der Waals surface area contributed by atoms with Crippen molar-refractivity contribution in [2.45, 2.75) is 77.3 Å². The number of hydrogen-bond donors (Lipinski definition) is 0. The molecular formula is C21H29N5O3S. The maximum atomic E-state index is 12.9. The summed E-state index contributed by atoms with van der Waals surface area (Å²) < 4.78 is 9.26. The average Bonchev–Trinajstić information content (AvgIpc) is 3.34. The highest BCUT2D eigenvalue weighted by Crippen LogP contribution is 2.32. The van der Waals surface area contributed by atoms with Gasteiger partial charge in [-0.2, -0.15) is 5.10 Å². The Bertz CT molecular complexity index is 1040. The van der Waals surface area contributed by atoms with E-state index < -0.39 is 16.7 Å². The largest absolute Gasteiger partial charge is 0.364 e. The maximum Gasteiger partial charge on any atom is 0.332 e. The molecule has 1 atom stereocenters. The van der Waals surface area contributed by atoms with Crippen LogP contribution in [0.25, 0.3) is 0 Å². The number of fused-ring (bicyclic) bond motifs is 1. The van der Waals surface area contributed by atoms with Crippen molar-refractivity contribution in [3.8, 4) is 0 Å². The first kappa shape index (κ1) is 20.1. The van der Waals surface area contributed by atoms with Gasteiger partial charge in [0, 0.05) is 31.1 Å². The molecule has 30 heavy (non-hydrogen) atoms. The Kier molecular flexibility index (Phi) is 5.37. The van der Waals surface area contributed by atoms with Gasteiger partial charge in [-0.25, -0.2) is 9.67 Å². The Morgan fingerprint density at radius 3 is 2.80 bits per heavy atom. The fourth-order valence-electron chi connectivity index (χ4n) is 5.13. The number of aryl methyl sites for hydroxylation is 1. The summed E-state index contributed by atoms with van der Waals surface area (Å²) in [7, 11) is 0. The van der Waals surface area contributed by atoms with Gasteiger partial charge in [-0.05, 0) is 32.1 Å². The number of rotatable bonds is 4. The summed E-state index contributed by atoms with van der Waals surface area (Å²) in [5, 5.41) is 4.54. The van der Waals surface area contributed by atoms with E-state index in [0.29, 0.717) is 24.8 Å². The minimum Gasteiger partial charge on any atom is -0.364 e. The SMILES string of the molecule is Cc1ncsc1CN1CC[C@]2(C1)Cn1c(nn(CC3CCCCC3)c(=O)c1=O)CO2. The molecule has 9 heteroatoms. The Morgan fingerprint density at radius 1 is 1.20 bits per heavy atom. The molecule has 8 nitrogen and oxygen atoms in total. The molecule has 2 aliphatic heterocycles. The highest BCUT2D eigenvalue weighted by Gasteiger charge is 2.43. The van der Waals surface area contributed by atoms with Crippen molar-refractivity contribution in [2.24, 2.45) is 5.92 Å². The predicted molar refractivity (Wildman–Crippen MR) is 114 cm³/mol. The second kappa shape index (κ2) is 8.01. The number of ether oxygens (including phenoxy) is 1. The lowest BCUT2D eigenvalue weighted by atomic mass is 9.89. The monoisotopic (exact) mass is 431 g/mol. The summed E-state index contributed by atoms with van der Waals surface area (Å²) in [5.41, 5.74) is 1.61. The Balaban J connectivity index is 1.33. The molecule has 1 aliphatic carbocycles. The summed E-state index contributed by atoms with van der Waals surface area (Å²) in [5.74, 6) is 1.03. The molecule has 0 unspecified atom stereocenters. The topological polar surface area (TPSA) is 82.3 Å². The molecule has 0 amide bonds. The number of likely N-dealkylation sites (tertiary alicyclic amines) is 1. The van der Waals surface area contributed by atoms with E-state index in [4.69, 9.17) is 4.74 Å². The third-order valence-corrected chi connectivity index (χ3v) is 7.85. The first-order chi connectivity index (χ1) is 14.5. The molecule has 3 aliphatic rings. The van der Waals surface area contributed by atoms with E-state index in [-0.39, 0.29) is 6.61 Å².